The summed E-state index contributed by atoms with van der Waals surface area (Å²) in [5.74, 6) is 0.104. The Balaban J connectivity index is 1.54. The van der Waals surface area contributed by atoms with Crippen molar-refractivity contribution in [3.63, 3.8) is 0 Å². The molecule has 0 atom stereocenters. The molecule has 0 heterocycles. The van der Waals surface area contributed by atoms with E-state index < -0.39 is 0 Å². The van der Waals surface area contributed by atoms with Crippen molar-refractivity contribution in [3.05, 3.63) is 65.7 Å². The minimum atomic E-state index is 0.104. The van der Waals surface area contributed by atoms with E-state index in [9.17, 15) is 4.79 Å². The van der Waals surface area contributed by atoms with Crippen LogP contribution in [0.25, 0.3) is 0 Å². The first-order chi connectivity index (χ1) is 12.8. The fourth-order valence-corrected chi connectivity index (χ4v) is 3.81. The van der Waals surface area contributed by atoms with Gasteiger partial charge >= 0.3 is 0 Å². The SMILES string of the molecule is O=C(C[NH2+]C1CCCCCCC1)Nc1ccccc1Cc1ccccc1. The van der Waals surface area contributed by atoms with E-state index in [1.807, 2.05) is 24.3 Å². The van der Waals surface area contributed by atoms with Crippen molar-refractivity contribution < 1.29 is 10.1 Å². The quantitative estimate of drug-likeness (QED) is 0.815. The highest BCUT2D eigenvalue weighted by Gasteiger charge is 2.16. The summed E-state index contributed by atoms with van der Waals surface area (Å²) >= 11 is 0. The number of para-hydroxylation sites is 1. The predicted octanol–water partition coefficient (Wildman–Crippen LogP) is 3.89. The van der Waals surface area contributed by atoms with Gasteiger partial charge in [-0.25, -0.2) is 0 Å². The summed E-state index contributed by atoms with van der Waals surface area (Å²) in [7, 11) is 0. The first-order valence-electron chi connectivity index (χ1n) is 10.1. The molecule has 0 spiro atoms. The molecular weight excluding hydrogens is 320 g/mol. The van der Waals surface area contributed by atoms with Crippen LogP contribution in [0.1, 0.15) is 56.1 Å². The Morgan fingerprint density at radius 1 is 0.885 bits per heavy atom. The third kappa shape index (κ3) is 5.99. The average molecular weight is 352 g/mol. The molecule has 1 amide bonds. The van der Waals surface area contributed by atoms with Crippen molar-refractivity contribution in [2.45, 2.75) is 57.4 Å². The molecule has 1 aliphatic rings. The van der Waals surface area contributed by atoms with Gasteiger partial charge in [0.15, 0.2) is 6.54 Å². The fourth-order valence-electron chi connectivity index (χ4n) is 3.81. The van der Waals surface area contributed by atoms with Gasteiger partial charge < -0.3 is 10.6 Å². The lowest BCUT2D eigenvalue weighted by Crippen LogP contribution is -2.91. The summed E-state index contributed by atoms with van der Waals surface area (Å²) in [6.07, 6.45) is 10.0. The zero-order valence-corrected chi connectivity index (χ0v) is 15.6. The lowest BCUT2D eigenvalue weighted by molar-refractivity contribution is -0.680. The van der Waals surface area contributed by atoms with Gasteiger partial charge in [0.2, 0.25) is 0 Å². The molecule has 2 aromatic rings. The molecule has 138 valence electrons. The zero-order valence-electron chi connectivity index (χ0n) is 15.6. The lowest BCUT2D eigenvalue weighted by atomic mass is 9.97. The van der Waals surface area contributed by atoms with Gasteiger partial charge in [-0.1, -0.05) is 67.8 Å². The van der Waals surface area contributed by atoms with Gasteiger partial charge in [-0.05, 0) is 49.3 Å². The van der Waals surface area contributed by atoms with Crippen LogP contribution in [0, 0.1) is 0 Å². The molecule has 1 fully saturated rings. The number of benzene rings is 2. The number of hydrogen-bond acceptors (Lipinski definition) is 1. The molecule has 0 radical (unpaired) electrons. The second kappa shape index (κ2) is 10.1. The van der Waals surface area contributed by atoms with Crippen molar-refractivity contribution in [2.24, 2.45) is 0 Å². The lowest BCUT2D eigenvalue weighted by Gasteiger charge is -2.18. The second-order valence-electron chi connectivity index (χ2n) is 7.41. The minimum absolute atomic E-state index is 0.104. The minimum Gasteiger partial charge on any atom is -0.336 e. The van der Waals surface area contributed by atoms with Crippen LogP contribution in [0.4, 0.5) is 5.69 Å². The first kappa shape index (κ1) is 18.7. The first-order valence-corrected chi connectivity index (χ1v) is 10.1. The van der Waals surface area contributed by atoms with Crippen LogP contribution in [0.3, 0.4) is 0 Å². The van der Waals surface area contributed by atoms with Crippen LogP contribution < -0.4 is 10.6 Å². The van der Waals surface area contributed by atoms with Gasteiger partial charge in [0.1, 0.15) is 0 Å². The van der Waals surface area contributed by atoms with Crippen molar-refractivity contribution in [2.75, 3.05) is 11.9 Å². The molecule has 26 heavy (non-hydrogen) atoms. The number of carbonyl (C=O) groups excluding carboxylic acids is 1. The maximum Gasteiger partial charge on any atom is 0.279 e. The van der Waals surface area contributed by atoms with Crippen LogP contribution in [-0.4, -0.2) is 18.5 Å². The smallest absolute Gasteiger partial charge is 0.279 e. The molecule has 3 rings (SSSR count). The molecule has 0 bridgehead atoms. The fraction of sp³-hybridized carbons (Fsp3) is 0.435. The largest absolute Gasteiger partial charge is 0.336 e. The Morgan fingerprint density at radius 2 is 1.54 bits per heavy atom. The summed E-state index contributed by atoms with van der Waals surface area (Å²) in [6, 6.07) is 19.1. The Hall–Kier alpha value is -2.13. The maximum absolute atomic E-state index is 12.5. The number of nitrogens with two attached hydrogens (primary N) is 1. The van der Waals surface area contributed by atoms with Crippen molar-refractivity contribution in [3.8, 4) is 0 Å². The van der Waals surface area contributed by atoms with Gasteiger partial charge in [0.05, 0.1) is 6.04 Å². The predicted molar refractivity (Wildman–Crippen MR) is 107 cm³/mol. The van der Waals surface area contributed by atoms with Gasteiger partial charge in [-0.2, -0.15) is 0 Å². The number of quaternary nitrogens is 1. The number of carbonyl (C=O) groups is 1. The van der Waals surface area contributed by atoms with Crippen molar-refractivity contribution >= 4 is 11.6 Å². The number of amides is 1. The molecule has 3 N–H and O–H groups in total. The Morgan fingerprint density at radius 3 is 2.31 bits per heavy atom. The Labute approximate surface area is 157 Å². The summed E-state index contributed by atoms with van der Waals surface area (Å²) in [4.78, 5) is 12.5. The van der Waals surface area contributed by atoms with E-state index in [1.54, 1.807) is 0 Å². The number of rotatable bonds is 6. The average Bonchev–Trinajstić information content (AvgIpc) is 2.63. The monoisotopic (exact) mass is 351 g/mol. The number of hydrogen-bond donors (Lipinski definition) is 2. The number of anilines is 1. The second-order valence-corrected chi connectivity index (χ2v) is 7.41. The molecule has 2 aromatic carbocycles. The maximum atomic E-state index is 12.5. The molecule has 0 saturated heterocycles. The van der Waals surface area contributed by atoms with E-state index >= 15 is 0 Å². The van der Waals surface area contributed by atoms with Gasteiger partial charge in [-0.15, -0.1) is 0 Å². The Bertz CT molecular complexity index is 676. The van der Waals surface area contributed by atoms with Crippen LogP contribution >= 0.6 is 0 Å². The topological polar surface area (TPSA) is 45.7 Å². The Kier molecular flexibility index (Phi) is 7.26. The molecule has 0 aromatic heterocycles. The van der Waals surface area contributed by atoms with Gasteiger partial charge in [0, 0.05) is 5.69 Å². The molecule has 0 aliphatic heterocycles. The van der Waals surface area contributed by atoms with E-state index in [0.717, 1.165) is 17.7 Å². The summed E-state index contributed by atoms with van der Waals surface area (Å²) in [5.41, 5.74) is 3.36. The highest BCUT2D eigenvalue weighted by Crippen LogP contribution is 2.19. The normalized spacial score (nSPS) is 15.8. The third-order valence-corrected chi connectivity index (χ3v) is 5.32. The van der Waals surface area contributed by atoms with Crippen LogP contribution in [-0.2, 0) is 11.2 Å². The van der Waals surface area contributed by atoms with E-state index in [-0.39, 0.29) is 5.91 Å². The molecular formula is C23H31N2O+. The summed E-state index contributed by atoms with van der Waals surface area (Å²) < 4.78 is 0. The zero-order chi connectivity index (χ0) is 18.0. The van der Waals surface area contributed by atoms with Gasteiger partial charge in [0.25, 0.3) is 5.91 Å². The third-order valence-electron chi connectivity index (χ3n) is 5.32. The molecule has 1 aliphatic carbocycles. The van der Waals surface area contributed by atoms with E-state index in [4.69, 9.17) is 0 Å². The van der Waals surface area contributed by atoms with Gasteiger partial charge in [-0.3, -0.25) is 4.79 Å². The van der Waals surface area contributed by atoms with Crippen LogP contribution in [0.15, 0.2) is 54.6 Å². The molecule has 1 saturated carbocycles. The molecule has 3 heteroatoms. The van der Waals surface area contributed by atoms with Crippen LogP contribution in [0.2, 0.25) is 0 Å². The molecule has 3 nitrogen and oxygen atoms in total. The summed E-state index contributed by atoms with van der Waals surface area (Å²) in [6.45, 7) is 0.518. The highest BCUT2D eigenvalue weighted by atomic mass is 16.1. The summed E-state index contributed by atoms with van der Waals surface area (Å²) in [5, 5.41) is 5.38. The van der Waals surface area contributed by atoms with Crippen molar-refractivity contribution in [1.82, 2.24) is 0 Å². The van der Waals surface area contributed by atoms with E-state index in [1.165, 1.54) is 50.5 Å². The van der Waals surface area contributed by atoms with E-state index in [2.05, 4.69) is 41.0 Å². The standard InChI is InChI=1S/C23H30N2O/c26-23(18-24-21-14-7-2-1-3-8-15-21)25-22-16-10-9-13-20(22)17-19-11-5-4-6-12-19/h4-6,9-13,16,21,24H,1-3,7-8,14-15,17-18H2,(H,25,26)/p+1. The van der Waals surface area contributed by atoms with Crippen LogP contribution in [0.5, 0.6) is 0 Å². The van der Waals surface area contributed by atoms with E-state index in [0.29, 0.717) is 12.6 Å². The number of nitrogens with one attached hydrogen (secondary N) is 1. The highest BCUT2D eigenvalue weighted by molar-refractivity contribution is 5.92. The van der Waals surface area contributed by atoms with Crippen molar-refractivity contribution in [1.29, 1.82) is 0 Å². The molecule has 0 unspecified atom stereocenters.